The van der Waals surface area contributed by atoms with Gasteiger partial charge in [-0.05, 0) is 72.4 Å². The maximum Gasteiger partial charge on any atom is 0.264 e. The standard InChI is InChI=1S/C29H27N3O4S2/c1-32(25-12-6-3-7-13-25)38(34,35)27-17-15-24(16-18-27)30-29(37)31-28(33)23-11-8-14-26(21-23)36-20-19-22-9-4-2-5-10-22/h2-18,21H,19-20H2,1H3,(H2,30,31,33,37). The van der Waals surface area contributed by atoms with Gasteiger partial charge >= 0.3 is 0 Å². The number of sulfonamides is 1. The fourth-order valence-electron chi connectivity index (χ4n) is 3.64. The summed E-state index contributed by atoms with van der Waals surface area (Å²) in [6.07, 6.45) is 0.758. The zero-order chi connectivity index (χ0) is 27.0. The highest BCUT2D eigenvalue weighted by Crippen LogP contribution is 2.23. The van der Waals surface area contributed by atoms with Gasteiger partial charge in [-0.25, -0.2) is 8.42 Å². The molecule has 0 saturated heterocycles. The number of ether oxygens (including phenoxy) is 1. The zero-order valence-corrected chi connectivity index (χ0v) is 22.3. The Hall–Kier alpha value is -4.21. The van der Waals surface area contributed by atoms with Crippen molar-refractivity contribution in [1.82, 2.24) is 5.32 Å². The third-order valence-electron chi connectivity index (χ3n) is 5.72. The number of anilines is 2. The predicted molar refractivity (Wildman–Crippen MR) is 154 cm³/mol. The smallest absolute Gasteiger partial charge is 0.264 e. The lowest BCUT2D eigenvalue weighted by Crippen LogP contribution is -2.34. The summed E-state index contributed by atoms with van der Waals surface area (Å²) in [7, 11) is -2.22. The summed E-state index contributed by atoms with van der Waals surface area (Å²) in [5.74, 6) is 0.199. The first-order chi connectivity index (χ1) is 18.3. The number of amides is 1. The number of hydrogen-bond acceptors (Lipinski definition) is 5. The largest absolute Gasteiger partial charge is 0.493 e. The second kappa shape index (κ2) is 12.4. The highest BCUT2D eigenvalue weighted by molar-refractivity contribution is 7.92. The lowest BCUT2D eigenvalue weighted by atomic mass is 10.2. The first-order valence-corrected chi connectivity index (χ1v) is 13.7. The molecular weight excluding hydrogens is 518 g/mol. The van der Waals surface area contributed by atoms with Crippen molar-refractivity contribution in [2.45, 2.75) is 11.3 Å². The maximum atomic E-state index is 12.9. The molecule has 0 radical (unpaired) electrons. The van der Waals surface area contributed by atoms with Crippen LogP contribution in [0.5, 0.6) is 5.75 Å². The van der Waals surface area contributed by atoms with Crippen LogP contribution in [0.15, 0.2) is 114 Å². The molecule has 1 amide bonds. The number of hydrogen-bond donors (Lipinski definition) is 2. The van der Waals surface area contributed by atoms with Gasteiger partial charge in [0.1, 0.15) is 5.75 Å². The molecule has 2 N–H and O–H groups in total. The minimum Gasteiger partial charge on any atom is -0.493 e. The molecule has 9 heteroatoms. The van der Waals surface area contributed by atoms with Crippen LogP contribution in [0, 0.1) is 0 Å². The van der Waals surface area contributed by atoms with E-state index in [1.165, 1.54) is 29.0 Å². The molecule has 4 aromatic carbocycles. The summed E-state index contributed by atoms with van der Waals surface area (Å²) in [5, 5.41) is 5.63. The molecule has 38 heavy (non-hydrogen) atoms. The van der Waals surface area contributed by atoms with Crippen molar-refractivity contribution in [3.05, 3.63) is 120 Å². The number of rotatable bonds is 9. The molecule has 0 atom stereocenters. The lowest BCUT2D eigenvalue weighted by Gasteiger charge is -2.19. The van der Waals surface area contributed by atoms with Gasteiger partial charge in [-0.1, -0.05) is 54.6 Å². The van der Waals surface area contributed by atoms with Gasteiger partial charge in [0.15, 0.2) is 5.11 Å². The molecule has 4 aromatic rings. The van der Waals surface area contributed by atoms with E-state index in [2.05, 4.69) is 10.6 Å². The van der Waals surface area contributed by atoms with Crippen molar-refractivity contribution in [3.63, 3.8) is 0 Å². The Labute approximate surface area is 228 Å². The Morgan fingerprint density at radius 2 is 1.53 bits per heavy atom. The van der Waals surface area contributed by atoms with Crippen molar-refractivity contribution in [1.29, 1.82) is 0 Å². The number of carbonyl (C=O) groups excluding carboxylic acids is 1. The van der Waals surface area contributed by atoms with Crippen LogP contribution in [0.25, 0.3) is 0 Å². The SMILES string of the molecule is CN(c1ccccc1)S(=O)(=O)c1ccc(NC(=S)NC(=O)c2cccc(OCCc3ccccc3)c2)cc1. The Morgan fingerprint density at radius 1 is 0.868 bits per heavy atom. The number of benzene rings is 4. The highest BCUT2D eigenvalue weighted by atomic mass is 32.2. The van der Waals surface area contributed by atoms with E-state index in [1.54, 1.807) is 60.7 Å². The number of nitrogens with zero attached hydrogens (tertiary/aromatic N) is 1. The molecule has 0 heterocycles. The first-order valence-electron chi connectivity index (χ1n) is 11.9. The summed E-state index contributed by atoms with van der Waals surface area (Å²) < 4.78 is 32.9. The first kappa shape index (κ1) is 26.8. The third kappa shape index (κ3) is 6.96. The molecule has 0 unspecified atom stereocenters. The molecule has 0 saturated carbocycles. The van der Waals surface area contributed by atoms with Gasteiger partial charge in [0.2, 0.25) is 0 Å². The van der Waals surface area contributed by atoms with Gasteiger partial charge in [0.05, 0.1) is 17.2 Å². The molecule has 0 aromatic heterocycles. The van der Waals surface area contributed by atoms with Crippen LogP contribution >= 0.6 is 12.2 Å². The van der Waals surface area contributed by atoms with Crippen molar-refractivity contribution < 1.29 is 17.9 Å². The van der Waals surface area contributed by atoms with E-state index in [-0.39, 0.29) is 15.9 Å². The van der Waals surface area contributed by atoms with Crippen LogP contribution in [-0.4, -0.2) is 33.1 Å². The van der Waals surface area contributed by atoms with E-state index in [4.69, 9.17) is 17.0 Å². The highest BCUT2D eigenvalue weighted by Gasteiger charge is 2.21. The number of nitrogens with one attached hydrogen (secondary N) is 2. The number of carbonyl (C=O) groups is 1. The Kier molecular flexibility index (Phi) is 8.73. The molecule has 0 aliphatic rings. The Balaban J connectivity index is 1.32. The van der Waals surface area contributed by atoms with Gasteiger partial charge in [0.25, 0.3) is 15.9 Å². The zero-order valence-electron chi connectivity index (χ0n) is 20.7. The van der Waals surface area contributed by atoms with Crippen LogP contribution < -0.4 is 19.7 Å². The average molecular weight is 546 g/mol. The molecule has 4 rings (SSSR count). The molecule has 0 fully saturated rings. The van der Waals surface area contributed by atoms with E-state index >= 15 is 0 Å². The minimum atomic E-state index is -3.73. The van der Waals surface area contributed by atoms with E-state index < -0.39 is 10.0 Å². The normalized spacial score (nSPS) is 10.9. The van der Waals surface area contributed by atoms with Gasteiger partial charge in [-0.2, -0.15) is 0 Å². The summed E-state index contributed by atoms with van der Waals surface area (Å²) in [5.41, 5.74) is 2.67. The third-order valence-corrected chi connectivity index (χ3v) is 7.72. The van der Waals surface area contributed by atoms with Crippen LogP contribution in [0.4, 0.5) is 11.4 Å². The van der Waals surface area contributed by atoms with Crippen LogP contribution in [0.2, 0.25) is 0 Å². The quantitative estimate of drug-likeness (QED) is 0.279. The van der Waals surface area contributed by atoms with E-state index in [0.29, 0.717) is 29.3 Å². The molecule has 7 nitrogen and oxygen atoms in total. The Bertz CT molecular complexity index is 1490. The van der Waals surface area contributed by atoms with Gasteiger partial charge in [-0.15, -0.1) is 0 Å². The van der Waals surface area contributed by atoms with E-state index in [0.717, 1.165) is 6.42 Å². The second-order valence-corrected chi connectivity index (χ2v) is 10.7. The van der Waals surface area contributed by atoms with Gasteiger partial charge in [-0.3, -0.25) is 14.4 Å². The topological polar surface area (TPSA) is 87.7 Å². The van der Waals surface area contributed by atoms with Crippen LogP contribution in [0.3, 0.4) is 0 Å². The van der Waals surface area contributed by atoms with Crippen molar-refractivity contribution in [2.24, 2.45) is 0 Å². The van der Waals surface area contributed by atoms with Crippen LogP contribution in [0.1, 0.15) is 15.9 Å². The average Bonchev–Trinajstić information content (AvgIpc) is 2.94. The fraction of sp³-hybridized carbons (Fsp3) is 0.103. The Morgan fingerprint density at radius 3 is 2.21 bits per heavy atom. The predicted octanol–water partition coefficient (Wildman–Crippen LogP) is 5.26. The molecular formula is C29H27N3O4S2. The monoisotopic (exact) mass is 545 g/mol. The van der Waals surface area contributed by atoms with E-state index in [9.17, 15) is 13.2 Å². The molecule has 0 bridgehead atoms. The van der Waals surface area contributed by atoms with Gasteiger partial charge in [0, 0.05) is 24.7 Å². The van der Waals surface area contributed by atoms with Crippen LogP contribution in [-0.2, 0) is 16.4 Å². The molecule has 0 aliphatic carbocycles. The number of thiocarbonyl (C=S) groups is 1. The summed E-state index contributed by atoms with van der Waals surface area (Å²) >= 11 is 5.28. The molecule has 194 valence electrons. The number of para-hydroxylation sites is 1. The maximum absolute atomic E-state index is 12.9. The second-order valence-electron chi connectivity index (χ2n) is 8.35. The van der Waals surface area contributed by atoms with Crippen molar-refractivity contribution >= 4 is 44.6 Å². The molecule has 0 spiro atoms. The van der Waals surface area contributed by atoms with E-state index in [1.807, 2.05) is 36.4 Å². The fourth-order valence-corrected chi connectivity index (χ4v) is 5.05. The lowest BCUT2D eigenvalue weighted by molar-refractivity contribution is 0.0977. The summed E-state index contributed by atoms with van der Waals surface area (Å²) in [4.78, 5) is 12.8. The molecule has 0 aliphatic heterocycles. The minimum absolute atomic E-state index is 0.0856. The summed E-state index contributed by atoms with van der Waals surface area (Å²) in [6.45, 7) is 0.488. The van der Waals surface area contributed by atoms with Crippen molar-refractivity contribution in [3.8, 4) is 5.75 Å². The summed E-state index contributed by atoms with van der Waals surface area (Å²) in [6, 6.07) is 31.9. The van der Waals surface area contributed by atoms with Gasteiger partial charge < -0.3 is 10.1 Å². The van der Waals surface area contributed by atoms with Crippen molar-refractivity contribution in [2.75, 3.05) is 23.3 Å².